The van der Waals surface area contributed by atoms with Crippen LogP contribution in [0.1, 0.15) is 42.6 Å². The van der Waals surface area contributed by atoms with Crippen molar-refractivity contribution in [2.24, 2.45) is 5.41 Å². The van der Waals surface area contributed by atoms with Gasteiger partial charge in [-0.2, -0.15) is 0 Å². The number of amides is 1. The molecule has 18 heavy (non-hydrogen) atoms. The number of aryl methyl sites for hydroxylation is 1. The highest BCUT2D eigenvalue weighted by Gasteiger charge is 2.30. The van der Waals surface area contributed by atoms with Crippen molar-refractivity contribution in [3.63, 3.8) is 0 Å². The summed E-state index contributed by atoms with van der Waals surface area (Å²) in [6, 6.07) is 5.94. The van der Waals surface area contributed by atoms with E-state index in [0.717, 1.165) is 35.1 Å². The molecule has 1 aromatic rings. The van der Waals surface area contributed by atoms with E-state index in [1.807, 2.05) is 30.0 Å². The van der Waals surface area contributed by atoms with Crippen molar-refractivity contribution in [1.29, 1.82) is 0 Å². The van der Waals surface area contributed by atoms with E-state index in [1.165, 1.54) is 6.42 Å². The molecule has 0 radical (unpaired) electrons. The highest BCUT2D eigenvalue weighted by atomic mass is 79.9. The molecule has 3 heteroatoms. The smallest absolute Gasteiger partial charge is 0.255 e. The molecule has 1 saturated heterocycles. The first kappa shape index (κ1) is 13.6. The highest BCUT2D eigenvalue weighted by Crippen LogP contribution is 2.30. The maximum Gasteiger partial charge on any atom is 0.255 e. The molecule has 1 aliphatic rings. The van der Waals surface area contributed by atoms with Crippen molar-refractivity contribution in [2.75, 3.05) is 13.1 Å². The number of benzene rings is 1. The van der Waals surface area contributed by atoms with Crippen LogP contribution in [0.4, 0.5) is 0 Å². The molecule has 2 rings (SSSR count). The topological polar surface area (TPSA) is 20.3 Å². The van der Waals surface area contributed by atoms with Crippen LogP contribution < -0.4 is 0 Å². The van der Waals surface area contributed by atoms with Crippen LogP contribution in [0.3, 0.4) is 0 Å². The van der Waals surface area contributed by atoms with Crippen LogP contribution in [0.25, 0.3) is 0 Å². The van der Waals surface area contributed by atoms with Gasteiger partial charge in [0.05, 0.1) is 5.56 Å². The Labute approximate surface area is 117 Å². The van der Waals surface area contributed by atoms with Gasteiger partial charge in [-0.05, 0) is 53.2 Å². The third-order valence-electron chi connectivity index (χ3n) is 3.54. The Balaban J connectivity index is 2.23. The molecule has 0 bridgehead atoms. The van der Waals surface area contributed by atoms with Crippen molar-refractivity contribution in [3.8, 4) is 0 Å². The van der Waals surface area contributed by atoms with Crippen LogP contribution >= 0.6 is 15.9 Å². The van der Waals surface area contributed by atoms with Crippen LogP contribution in [0.5, 0.6) is 0 Å². The second kappa shape index (κ2) is 5.04. The zero-order valence-electron chi connectivity index (χ0n) is 11.3. The third-order valence-corrected chi connectivity index (χ3v) is 4.23. The summed E-state index contributed by atoms with van der Waals surface area (Å²) in [4.78, 5) is 14.5. The largest absolute Gasteiger partial charge is 0.338 e. The van der Waals surface area contributed by atoms with Crippen LogP contribution in [0.15, 0.2) is 22.7 Å². The Morgan fingerprint density at radius 2 is 2.11 bits per heavy atom. The Morgan fingerprint density at radius 1 is 1.39 bits per heavy atom. The average Bonchev–Trinajstić information content (AvgIpc) is 2.30. The van der Waals surface area contributed by atoms with Gasteiger partial charge < -0.3 is 4.90 Å². The van der Waals surface area contributed by atoms with E-state index in [-0.39, 0.29) is 11.3 Å². The summed E-state index contributed by atoms with van der Waals surface area (Å²) < 4.78 is 0.890. The molecule has 0 saturated carbocycles. The monoisotopic (exact) mass is 309 g/mol. The Morgan fingerprint density at radius 3 is 2.78 bits per heavy atom. The zero-order valence-corrected chi connectivity index (χ0v) is 12.9. The number of carbonyl (C=O) groups excluding carboxylic acids is 1. The Kier molecular flexibility index (Phi) is 3.81. The number of nitrogens with zero attached hydrogens (tertiary/aromatic N) is 1. The predicted octanol–water partition coefficient (Wildman–Crippen LogP) is 4.02. The molecule has 0 aliphatic carbocycles. The SMILES string of the molecule is Cc1ccc(Br)c(C(=O)N2CCCC(C)(C)C2)c1. The molecule has 1 heterocycles. The molecule has 0 N–H and O–H groups in total. The van der Waals surface area contributed by atoms with Gasteiger partial charge in [0.1, 0.15) is 0 Å². The molecule has 98 valence electrons. The van der Waals surface area contributed by atoms with Crippen LogP contribution in [0.2, 0.25) is 0 Å². The molecule has 1 fully saturated rings. The Hall–Kier alpha value is -0.830. The average molecular weight is 310 g/mol. The fraction of sp³-hybridized carbons (Fsp3) is 0.533. The van der Waals surface area contributed by atoms with Crippen LogP contribution in [0, 0.1) is 12.3 Å². The minimum atomic E-state index is 0.151. The van der Waals surface area contributed by atoms with E-state index < -0.39 is 0 Å². The number of rotatable bonds is 1. The summed E-state index contributed by atoms with van der Waals surface area (Å²) in [6.07, 6.45) is 2.30. The van der Waals surface area contributed by atoms with Gasteiger partial charge in [-0.15, -0.1) is 0 Å². The molecule has 0 atom stereocenters. The van der Waals surface area contributed by atoms with E-state index in [1.54, 1.807) is 0 Å². The van der Waals surface area contributed by atoms with Crippen LogP contribution in [-0.4, -0.2) is 23.9 Å². The second-order valence-electron chi connectivity index (χ2n) is 5.98. The minimum Gasteiger partial charge on any atom is -0.338 e. The van der Waals surface area contributed by atoms with Gasteiger partial charge in [-0.25, -0.2) is 0 Å². The maximum absolute atomic E-state index is 12.6. The normalized spacial score (nSPS) is 18.8. The summed E-state index contributed by atoms with van der Waals surface area (Å²) >= 11 is 3.48. The molecular formula is C15H20BrNO. The van der Waals surface area contributed by atoms with Gasteiger partial charge in [-0.3, -0.25) is 4.79 Å². The van der Waals surface area contributed by atoms with E-state index in [2.05, 4.69) is 29.8 Å². The summed E-state index contributed by atoms with van der Waals surface area (Å²) in [6.45, 7) is 8.22. The molecule has 1 aliphatic heterocycles. The lowest BCUT2D eigenvalue weighted by Crippen LogP contribution is -2.43. The van der Waals surface area contributed by atoms with Crippen molar-refractivity contribution in [1.82, 2.24) is 4.90 Å². The number of likely N-dealkylation sites (tertiary alicyclic amines) is 1. The first-order valence-electron chi connectivity index (χ1n) is 6.44. The quantitative estimate of drug-likeness (QED) is 0.767. The number of hydrogen-bond acceptors (Lipinski definition) is 1. The molecule has 0 aromatic heterocycles. The molecule has 0 unspecified atom stereocenters. The van der Waals surface area contributed by atoms with Crippen molar-refractivity contribution in [3.05, 3.63) is 33.8 Å². The molecular weight excluding hydrogens is 290 g/mol. The summed E-state index contributed by atoms with van der Waals surface area (Å²) in [7, 11) is 0. The Bertz CT molecular complexity index is 468. The van der Waals surface area contributed by atoms with Gasteiger partial charge in [0.2, 0.25) is 0 Å². The first-order chi connectivity index (χ1) is 8.39. The summed E-state index contributed by atoms with van der Waals surface area (Å²) in [5.41, 5.74) is 2.15. The number of halogens is 1. The predicted molar refractivity (Wildman–Crippen MR) is 77.8 cm³/mol. The summed E-state index contributed by atoms with van der Waals surface area (Å²) in [5.74, 6) is 0.151. The van der Waals surface area contributed by atoms with E-state index in [4.69, 9.17) is 0 Å². The van der Waals surface area contributed by atoms with E-state index in [0.29, 0.717) is 0 Å². The molecule has 1 amide bonds. The van der Waals surface area contributed by atoms with Crippen molar-refractivity contribution >= 4 is 21.8 Å². The lowest BCUT2D eigenvalue weighted by Gasteiger charge is -2.38. The number of piperidine rings is 1. The van der Waals surface area contributed by atoms with Gasteiger partial charge in [0.15, 0.2) is 0 Å². The highest BCUT2D eigenvalue weighted by molar-refractivity contribution is 9.10. The van der Waals surface area contributed by atoms with Gasteiger partial charge >= 0.3 is 0 Å². The van der Waals surface area contributed by atoms with E-state index in [9.17, 15) is 4.79 Å². The first-order valence-corrected chi connectivity index (χ1v) is 7.24. The minimum absolute atomic E-state index is 0.151. The maximum atomic E-state index is 12.6. The van der Waals surface area contributed by atoms with Gasteiger partial charge in [0, 0.05) is 17.6 Å². The summed E-state index contributed by atoms with van der Waals surface area (Å²) in [5, 5.41) is 0. The molecule has 0 spiro atoms. The fourth-order valence-electron chi connectivity index (χ4n) is 2.57. The van der Waals surface area contributed by atoms with Gasteiger partial charge in [0.25, 0.3) is 5.91 Å². The molecule has 1 aromatic carbocycles. The number of hydrogen-bond donors (Lipinski definition) is 0. The zero-order chi connectivity index (χ0) is 13.3. The van der Waals surface area contributed by atoms with Gasteiger partial charge in [-0.1, -0.05) is 25.5 Å². The standard InChI is InChI=1S/C15H20BrNO/c1-11-5-6-13(16)12(9-11)14(18)17-8-4-7-15(2,3)10-17/h5-6,9H,4,7-8,10H2,1-3H3. The lowest BCUT2D eigenvalue weighted by atomic mass is 9.84. The van der Waals surface area contributed by atoms with Crippen molar-refractivity contribution < 1.29 is 4.79 Å². The van der Waals surface area contributed by atoms with Crippen LogP contribution in [-0.2, 0) is 0 Å². The third kappa shape index (κ3) is 2.94. The van der Waals surface area contributed by atoms with E-state index >= 15 is 0 Å². The fourth-order valence-corrected chi connectivity index (χ4v) is 2.99. The molecule has 2 nitrogen and oxygen atoms in total. The second-order valence-corrected chi connectivity index (χ2v) is 6.83. The lowest BCUT2D eigenvalue weighted by molar-refractivity contribution is 0.0582. The number of carbonyl (C=O) groups is 1. The van der Waals surface area contributed by atoms with Crippen molar-refractivity contribution in [2.45, 2.75) is 33.6 Å².